The Hall–Kier alpha value is -3.34. The van der Waals surface area contributed by atoms with Crippen molar-refractivity contribution in [2.24, 2.45) is 0 Å². The fraction of sp³-hybridized carbons (Fsp3) is 0.118. The molecule has 0 bridgehead atoms. The van der Waals surface area contributed by atoms with Crippen LogP contribution in [0.5, 0.6) is 0 Å². The van der Waals surface area contributed by atoms with Gasteiger partial charge in [0.1, 0.15) is 5.82 Å². The number of fused-ring (bicyclic) bond motifs is 1. The lowest BCUT2D eigenvalue weighted by atomic mass is 10.1. The highest BCUT2D eigenvalue weighted by Gasteiger charge is 2.31. The predicted molar refractivity (Wildman–Crippen MR) is 86.2 cm³/mol. The van der Waals surface area contributed by atoms with Gasteiger partial charge in [-0.25, -0.2) is 4.79 Å². The third-order valence-corrected chi connectivity index (χ3v) is 3.92. The van der Waals surface area contributed by atoms with Gasteiger partial charge in [-0.1, -0.05) is 6.07 Å². The maximum Gasteiger partial charge on any atom is 0.416 e. The Kier molecular flexibility index (Phi) is 3.72. The molecule has 0 aliphatic heterocycles. The first-order valence-electron chi connectivity index (χ1n) is 7.13. The number of hydrogen-bond donors (Lipinski definition) is 1. The minimum Gasteiger partial charge on any atom is -0.383 e. The van der Waals surface area contributed by atoms with Gasteiger partial charge in [0.2, 0.25) is 0 Å². The maximum atomic E-state index is 13.1. The number of rotatable bonds is 1. The van der Waals surface area contributed by atoms with E-state index < -0.39 is 17.4 Å². The van der Waals surface area contributed by atoms with Gasteiger partial charge in [0.05, 0.1) is 28.4 Å². The van der Waals surface area contributed by atoms with Crippen LogP contribution in [0.1, 0.15) is 16.7 Å². The number of nitrogen functional groups attached to an aromatic ring is 1. The van der Waals surface area contributed by atoms with Crippen molar-refractivity contribution in [3.63, 3.8) is 0 Å². The van der Waals surface area contributed by atoms with Crippen LogP contribution in [-0.2, 0) is 6.18 Å². The van der Waals surface area contributed by atoms with E-state index >= 15 is 0 Å². The molecule has 1 aromatic heterocycles. The quantitative estimate of drug-likeness (QED) is 0.735. The molecule has 0 amide bonds. The first-order chi connectivity index (χ1) is 11.7. The summed E-state index contributed by atoms with van der Waals surface area (Å²) >= 11 is 0. The molecule has 8 heteroatoms. The number of anilines is 1. The minimum atomic E-state index is -4.57. The number of nitriles is 1. The second-order valence-corrected chi connectivity index (χ2v) is 5.41. The molecular weight excluding hydrogens is 333 g/mol. The lowest BCUT2D eigenvalue weighted by Gasteiger charge is -2.15. The molecule has 0 atom stereocenters. The van der Waals surface area contributed by atoms with E-state index in [0.717, 1.165) is 16.7 Å². The van der Waals surface area contributed by atoms with E-state index in [4.69, 9.17) is 11.0 Å². The summed E-state index contributed by atoms with van der Waals surface area (Å²) in [5.41, 5.74) is 4.99. The van der Waals surface area contributed by atoms with Crippen LogP contribution in [0, 0.1) is 18.3 Å². The summed E-state index contributed by atoms with van der Waals surface area (Å²) in [5.74, 6) is -0.154. The van der Waals surface area contributed by atoms with Crippen molar-refractivity contribution in [2.45, 2.75) is 13.1 Å². The summed E-state index contributed by atoms with van der Waals surface area (Å²) in [6.07, 6.45) is -4.57. The standard InChI is InChI=1S/C17H11F3N4O/c1-9-10(8-21)3-2-4-13(9)24-14-7-11(17(18,19)20)5-6-12(14)15(22)23-16(24)25/h2-7H,1H3,(H2,22,23,25). The smallest absolute Gasteiger partial charge is 0.383 e. The summed E-state index contributed by atoms with van der Waals surface area (Å²) < 4.78 is 40.3. The van der Waals surface area contributed by atoms with Crippen LogP contribution in [-0.4, -0.2) is 9.55 Å². The SMILES string of the molecule is Cc1c(C#N)cccc1-n1c(=O)nc(N)c2ccc(C(F)(F)F)cc21. The van der Waals surface area contributed by atoms with Gasteiger partial charge >= 0.3 is 11.9 Å². The third-order valence-electron chi connectivity index (χ3n) is 3.92. The van der Waals surface area contributed by atoms with Crippen LogP contribution >= 0.6 is 0 Å². The Balaban J connectivity index is 2.47. The first kappa shape index (κ1) is 16.5. The van der Waals surface area contributed by atoms with Crippen molar-refractivity contribution >= 4 is 16.7 Å². The molecule has 1 heterocycles. The van der Waals surface area contributed by atoms with Crippen molar-refractivity contribution in [3.05, 3.63) is 63.6 Å². The molecule has 2 aromatic carbocycles. The number of nitrogens with two attached hydrogens (primary N) is 1. The van der Waals surface area contributed by atoms with E-state index in [1.54, 1.807) is 19.1 Å². The predicted octanol–water partition coefficient (Wildman–Crippen LogP) is 3.17. The van der Waals surface area contributed by atoms with E-state index in [1.807, 2.05) is 6.07 Å². The maximum absolute atomic E-state index is 13.1. The number of alkyl halides is 3. The number of halogens is 3. The van der Waals surface area contributed by atoms with Gasteiger partial charge in [0.15, 0.2) is 0 Å². The Morgan fingerprint density at radius 2 is 1.96 bits per heavy atom. The van der Waals surface area contributed by atoms with E-state index in [0.29, 0.717) is 11.1 Å². The van der Waals surface area contributed by atoms with Gasteiger partial charge in [0, 0.05) is 5.39 Å². The van der Waals surface area contributed by atoms with Gasteiger partial charge in [-0.15, -0.1) is 0 Å². The Morgan fingerprint density at radius 3 is 2.60 bits per heavy atom. The van der Waals surface area contributed by atoms with Crippen LogP contribution < -0.4 is 11.4 Å². The zero-order valence-electron chi connectivity index (χ0n) is 12.9. The number of hydrogen-bond acceptors (Lipinski definition) is 4. The molecule has 0 unspecified atom stereocenters. The number of nitrogens with zero attached hydrogens (tertiary/aromatic N) is 3. The Morgan fingerprint density at radius 1 is 1.24 bits per heavy atom. The van der Waals surface area contributed by atoms with E-state index in [-0.39, 0.29) is 22.4 Å². The molecule has 126 valence electrons. The molecule has 0 saturated carbocycles. The first-order valence-corrected chi connectivity index (χ1v) is 7.13. The average Bonchev–Trinajstić information content (AvgIpc) is 2.55. The highest BCUT2D eigenvalue weighted by Crippen LogP contribution is 2.33. The zero-order chi connectivity index (χ0) is 18.4. The third kappa shape index (κ3) is 2.70. The Bertz CT molecular complexity index is 1090. The molecule has 25 heavy (non-hydrogen) atoms. The largest absolute Gasteiger partial charge is 0.416 e. The number of aromatic nitrogens is 2. The normalized spacial score (nSPS) is 11.5. The summed E-state index contributed by atoms with van der Waals surface area (Å²) in [4.78, 5) is 16.1. The molecule has 0 radical (unpaired) electrons. The van der Waals surface area contributed by atoms with E-state index in [2.05, 4.69) is 4.98 Å². The molecule has 3 rings (SSSR count). The van der Waals surface area contributed by atoms with Gasteiger partial charge in [-0.05, 0) is 42.8 Å². The molecule has 0 saturated heterocycles. The topological polar surface area (TPSA) is 84.7 Å². The summed E-state index contributed by atoms with van der Waals surface area (Å²) in [6.45, 7) is 1.61. The lowest BCUT2D eigenvalue weighted by molar-refractivity contribution is -0.137. The van der Waals surface area contributed by atoms with Crippen molar-refractivity contribution < 1.29 is 13.2 Å². The second-order valence-electron chi connectivity index (χ2n) is 5.41. The highest BCUT2D eigenvalue weighted by atomic mass is 19.4. The van der Waals surface area contributed by atoms with Crippen LogP contribution in [0.2, 0.25) is 0 Å². The van der Waals surface area contributed by atoms with Crippen molar-refractivity contribution in [1.29, 1.82) is 5.26 Å². The second kappa shape index (κ2) is 5.63. The summed E-state index contributed by atoms with van der Waals surface area (Å²) in [6, 6.07) is 9.53. The van der Waals surface area contributed by atoms with Crippen LogP contribution in [0.4, 0.5) is 19.0 Å². The van der Waals surface area contributed by atoms with Crippen LogP contribution in [0.3, 0.4) is 0 Å². The fourth-order valence-electron chi connectivity index (χ4n) is 2.65. The molecular formula is C17H11F3N4O. The molecule has 2 N–H and O–H groups in total. The van der Waals surface area contributed by atoms with E-state index in [9.17, 15) is 18.0 Å². The van der Waals surface area contributed by atoms with Gasteiger partial charge in [0.25, 0.3) is 0 Å². The van der Waals surface area contributed by atoms with Crippen LogP contribution in [0.15, 0.2) is 41.2 Å². The molecule has 0 aliphatic carbocycles. The number of benzene rings is 2. The highest BCUT2D eigenvalue weighted by molar-refractivity contribution is 5.90. The molecule has 5 nitrogen and oxygen atoms in total. The zero-order valence-corrected chi connectivity index (χ0v) is 12.9. The molecule has 0 spiro atoms. The van der Waals surface area contributed by atoms with Gasteiger partial charge in [-0.2, -0.15) is 23.4 Å². The monoisotopic (exact) mass is 344 g/mol. The van der Waals surface area contributed by atoms with Crippen molar-refractivity contribution in [2.75, 3.05) is 5.73 Å². The summed E-state index contributed by atoms with van der Waals surface area (Å²) in [7, 11) is 0. The van der Waals surface area contributed by atoms with Gasteiger partial charge in [-0.3, -0.25) is 4.57 Å². The van der Waals surface area contributed by atoms with Crippen molar-refractivity contribution in [3.8, 4) is 11.8 Å². The summed E-state index contributed by atoms with van der Waals surface area (Å²) in [5, 5.41) is 9.36. The van der Waals surface area contributed by atoms with Crippen LogP contribution in [0.25, 0.3) is 16.6 Å². The van der Waals surface area contributed by atoms with Gasteiger partial charge < -0.3 is 5.73 Å². The average molecular weight is 344 g/mol. The fourth-order valence-corrected chi connectivity index (χ4v) is 2.65. The molecule has 0 fully saturated rings. The Labute approximate surface area is 139 Å². The molecule has 3 aromatic rings. The van der Waals surface area contributed by atoms with Crippen molar-refractivity contribution in [1.82, 2.24) is 9.55 Å². The minimum absolute atomic E-state index is 0.0227. The van der Waals surface area contributed by atoms with E-state index in [1.165, 1.54) is 12.1 Å². The molecule has 0 aliphatic rings. The lowest BCUT2D eigenvalue weighted by Crippen LogP contribution is -2.24.